The summed E-state index contributed by atoms with van der Waals surface area (Å²) in [4.78, 5) is 1.98. The second kappa shape index (κ2) is 5.63. The van der Waals surface area contributed by atoms with Crippen LogP contribution in [0.1, 0.15) is 12.0 Å². The fourth-order valence-electron chi connectivity index (χ4n) is 1.41. The molecule has 0 saturated carbocycles. The monoisotopic (exact) mass is 214 g/mol. The maximum absolute atomic E-state index is 8.65. The highest BCUT2D eigenvalue weighted by atomic mass is 15.1. The fourth-order valence-corrected chi connectivity index (χ4v) is 1.41. The Bertz CT molecular complexity index is 439. The summed E-state index contributed by atoms with van der Waals surface area (Å²) in [5, 5.41) is 17.2. The van der Waals surface area contributed by atoms with Crippen LogP contribution in [0.15, 0.2) is 18.2 Å². The second-order valence-corrected chi connectivity index (χ2v) is 3.55. The predicted octanol–water partition coefficient (Wildman–Crippen LogP) is 1.68. The summed E-state index contributed by atoms with van der Waals surface area (Å²) in [6.45, 7) is 0.673. The van der Waals surface area contributed by atoms with Gasteiger partial charge in [0.1, 0.15) is 0 Å². The van der Waals surface area contributed by atoms with Gasteiger partial charge in [-0.2, -0.15) is 10.5 Å². The first kappa shape index (κ1) is 11.9. The van der Waals surface area contributed by atoms with E-state index in [1.54, 1.807) is 6.07 Å². The molecule has 4 nitrogen and oxygen atoms in total. The first-order valence-electron chi connectivity index (χ1n) is 5.02. The van der Waals surface area contributed by atoms with Gasteiger partial charge in [0.15, 0.2) is 0 Å². The van der Waals surface area contributed by atoms with E-state index in [1.807, 2.05) is 24.1 Å². The Morgan fingerprint density at radius 3 is 2.69 bits per heavy atom. The highest BCUT2D eigenvalue weighted by molar-refractivity contribution is 5.58. The smallest absolute Gasteiger partial charge is 0.0670 e. The van der Waals surface area contributed by atoms with Gasteiger partial charge in [0.2, 0.25) is 0 Å². The van der Waals surface area contributed by atoms with Crippen LogP contribution in [-0.2, 0) is 6.42 Å². The molecule has 0 spiro atoms. The molecule has 0 unspecified atom stereocenters. The van der Waals surface area contributed by atoms with Crippen LogP contribution < -0.4 is 10.6 Å². The molecule has 16 heavy (non-hydrogen) atoms. The summed E-state index contributed by atoms with van der Waals surface area (Å²) < 4.78 is 0. The molecule has 0 aliphatic heterocycles. The molecule has 4 heteroatoms. The number of nitrogens with zero attached hydrogens (tertiary/aromatic N) is 3. The van der Waals surface area contributed by atoms with Crippen molar-refractivity contribution in [3.8, 4) is 12.1 Å². The maximum atomic E-state index is 8.65. The molecule has 0 heterocycles. The molecule has 1 aromatic carbocycles. The Balaban J connectivity index is 2.86. The molecular formula is C12H14N4. The minimum atomic E-state index is 0.311. The van der Waals surface area contributed by atoms with Crippen LogP contribution in [0.25, 0.3) is 0 Å². The summed E-state index contributed by atoms with van der Waals surface area (Å²) in [5.74, 6) is 0. The summed E-state index contributed by atoms with van der Waals surface area (Å²) in [6.07, 6.45) is 0.792. The van der Waals surface area contributed by atoms with E-state index < -0.39 is 0 Å². The topological polar surface area (TPSA) is 76.8 Å². The average Bonchev–Trinajstić information content (AvgIpc) is 2.29. The summed E-state index contributed by atoms with van der Waals surface area (Å²) >= 11 is 0. The van der Waals surface area contributed by atoms with Crippen molar-refractivity contribution in [2.45, 2.75) is 12.8 Å². The Labute approximate surface area is 95.5 Å². The highest BCUT2D eigenvalue weighted by Gasteiger charge is 2.04. The molecule has 0 saturated heterocycles. The van der Waals surface area contributed by atoms with Gasteiger partial charge in [-0.15, -0.1) is 0 Å². The van der Waals surface area contributed by atoms with Gasteiger partial charge in [-0.25, -0.2) is 0 Å². The minimum absolute atomic E-state index is 0.311. The van der Waals surface area contributed by atoms with Crippen molar-refractivity contribution in [2.24, 2.45) is 0 Å². The second-order valence-electron chi connectivity index (χ2n) is 3.55. The van der Waals surface area contributed by atoms with Crippen LogP contribution in [0.4, 0.5) is 11.4 Å². The number of anilines is 2. The van der Waals surface area contributed by atoms with E-state index >= 15 is 0 Å². The standard InChI is InChI=1S/C12H14N4/c1-16(8-2-6-13)11-3-4-12(15)10(9-11)5-7-14/h3-4,9H,2,5,8,15H2,1H3. The van der Waals surface area contributed by atoms with Crippen LogP contribution in [-0.4, -0.2) is 13.6 Å². The molecular weight excluding hydrogens is 200 g/mol. The zero-order valence-corrected chi connectivity index (χ0v) is 9.27. The minimum Gasteiger partial charge on any atom is -0.398 e. The van der Waals surface area contributed by atoms with Gasteiger partial charge in [0.25, 0.3) is 0 Å². The first-order valence-corrected chi connectivity index (χ1v) is 5.02. The Morgan fingerprint density at radius 1 is 1.31 bits per heavy atom. The lowest BCUT2D eigenvalue weighted by Crippen LogP contribution is -2.18. The van der Waals surface area contributed by atoms with Crippen LogP contribution in [0.5, 0.6) is 0 Å². The largest absolute Gasteiger partial charge is 0.398 e. The normalized spacial score (nSPS) is 9.19. The predicted molar refractivity (Wildman–Crippen MR) is 63.7 cm³/mol. The molecule has 1 aromatic rings. The molecule has 0 atom stereocenters. The zero-order chi connectivity index (χ0) is 12.0. The van der Waals surface area contributed by atoms with E-state index in [-0.39, 0.29) is 0 Å². The molecule has 0 bridgehead atoms. The number of nitrogens with two attached hydrogens (primary N) is 1. The van der Waals surface area contributed by atoms with Gasteiger partial charge in [0, 0.05) is 25.0 Å². The molecule has 0 amide bonds. The van der Waals surface area contributed by atoms with Crippen LogP contribution in [0, 0.1) is 22.7 Å². The van der Waals surface area contributed by atoms with Gasteiger partial charge >= 0.3 is 0 Å². The van der Waals surface area contributed by atoms with Crippen molar-refractivity contribution in [2.75, 3.05) is 24.2 Å². The summed E-state index contributed by atoms with van der Waals surface area (Å²) in [6, 6.07) is 9.78. The lowest BCUT2D eigenvalue weighted by Gasteiger charge is -2.18. The fraction of sp³-hybridized carbons (Fsp3) is 0.333. The highest BCUT2D eigenvalue weighted by Crippen LogP contribution is 2.20. The Kier molecular flexibility index (Phi) is 4.17. The molecule has 0 aromatic heterocycles. The molecule has 0 aliphatic rings. The van der Waals surface area contributed by atoms with E-state index in [9.17, 15) is 0 Å². The van der Waals surface area contributed by atoms with Crippen LogP contribution >= 0.6 is 0 Å². The number of rotatable bonds is 4. The van der Waals surface area contributed by atoms with Crippen molar-refractivity contribution in [3.05, 3.63) is 23.8 Å². The lowest BCUT2D eigenvalue weighted by atomic mass is 10.1. The van der Waals surface area contributed by atoms with E-state index in [0.29, 0.717) is 25.1 Å². The van der Waals surface area contributed by atoms with E-state index in [4.69, 9.17) is 16.3 Å². The summed E-state index contributed by atoms with van der Waals surface area (Å²) in [7, 11) is 1.92. The molecule has 1 rings (SSSR count). The summed E-state index contributed by atoms with van der Waals surface area (Å²) in [5.41, 5.74) is 8.21. The number of benzene rings is 1. The van der Waals surface area contributed by atoms with Gasteiger partial charge in [-0.1, -0.05) is 0 Å². The molecule has 0 aliphatic carbocycles. The molecule has 0 radical (unpaired) electrons. The number of nitriles is 2. The molecule has 82 valence electrons. The van der Waals surface area contributed by atoms with Crippen molar-refractivity contribution in [1.29, 1.82) is 10.5 Å². The Morgan fingerprint density at radius 2 is 2.06 bits per heavy atom. The molecule has 2 N–H and O–H groups in total. The zero-order valence-electron chi connectivity index (χ0n) is 9.27. The third kappa shape index (κ3) is 2.90. The number of hydrogen-bond donors (Lipinski definition) is 1. The third-order valence-electron chi connectivity index (χ3n) is 2.40. The number of hydrogen-bond acceptors (Lipinski definition) is 4. The SMILES string of the molecule is CN(CCC#N)c1ccc(N)c(CC#N)c1. The maximum Gasteiger partial charge on any atom is 0.0670 e. The van der Waals surface area contributed by atoms with E-state index in [2.05, 4.69) is 12.1 Å². The third-order valence-corrected chi connectivity index (χ3v) is 2.40. The van der Waals surface area contributed by atoms with Crippen molar-refractivity contribution in [3.63, 3.8) is 0 Å². The van der Waals surface area contributed by atoms with Gasteiger partial charge in [-0.3, -0.25) is 0 Å². The van der Waals surface area contributed by atoms with Crippen LogP contribution in [0.2, 0.25) is 0 Å². The van der Waals surface area contributed by atoms with Crippen LogP contribution in [0.3, 0.4) is 0 Å². The quantitative estimate of drug-likeness (QED) is 0.773. The lowest BCUT2D eigenvalue weighted by molar-refractivity contribution is 0.904. The van der Waals surface area contributed by atoms with E-state index in [0.717, 1.165) is 11.3 Å². The van der Waals surface area contributed by atoms with Gasteiger partial charge < -0.3 is 10.6 Å². The van der Waals surface area contributed by atoms with Crippen molar-refractivity contribution < 1.29 is 0 Å². The first-order chi connectivity index (χ1) is 7.69. The Hall–Kier alpha value is -2.20. The van der Waals surface area contributed by atoms with Gasteiger partial charge in [-0.05, 0) is 23.8 Å². The number of nitrogen functional groups attached to an aromatic ring is 1. The van der Waals surface area contributed by atoms with Crippen molar-refractivity contribution in [1.82, 2.24) is 0 Å². The van der Waals surface area contributed by atoms with Gasteiger partial charge in [0.05, 0.1) is 25.0 Å². The average molecular weight is 214 g/mol. The molecule has 0 fully saturated rings. The van der Waals surface area contributed by atoms with E-state index in [1.165, 1.54) is 0 Å². The van der Waals surface area contributed by atoms with Crippen molar-refractivity contribution >= 4 is 11.4 Å².